The molecule has 2 heterocycles. The van der Waals surface area contributed by atoms with Crippen molar-refractivity contribution in [2.24, 2.45) is 0 Å². The van der Waals surface area contributed by atoms with Crippen molar-refractivity contribution in [3.05, 3.63) is 58.3 Å². The minimum Gasteiger partial charge on any atom is -0.321 e. The van der Waals surface area contributed by atoms with Crippen molar-refractivity contribution < 1.29 is 14.0 Å². The van der Waals surface area contributed by atoms with E-state index in [0.29, 0.717) is 21.0 Å². The summed E-state index contributed by atoms with van der Waals surface area (Å²) in [4.78, 5) is 29.3. The van der Waals surface area contributed by atoms with Gasteiger partial charge in [0.05, 0.1) is 4.88 Å². The lowest BCUT2D eigenvalue weighted by Crippen LogP contribution is -2.11. The highest BCUT2D eigenvalue weighted by molar-refractivity contribution is 7.20. The second-order valence-corrected chi connectivity index (χ2v) is 6.15. The predicted octanol–water partition coefficient (Wildman–Crippen LogP) is 4.20. The molecular weight excluding hydrogens is 315 g/mol. The number of aromatic nitrogens is 1. The molecule has 0 aliphatic carbocycles. The van der Waals surface area contributed by atoms with E-state index in [1.54, 1.807) is 12.1 Å². The first-order chi connectivity index (χ1) is 11.0. The second-order valence-electron chi connectivity index (χ2n) is 5.15. The van der Waals surface area contributed by atoms with Crippen molar-refractivity contribution in [1.29, 1.82) is 0 Å². The van der Waals surface area contributed by atoms with E-state index in [0.717, 1.165) is 10.9 Å². The molecule has 0 saturated carbocycles. The molecule has 0 atom stereocenters. The van der Waals surface area contributed by atoms with Crippen LogP contribution in [0.5, 0.6) is 0 Å². The summed E-state index contributed by atoms with van der Waals surface area (Å²) in [5.41, 5.74) is 1.66. The summed E-state index contributed by atoms with van der Waals surface area (Å²) in [6, 6.07) is 7.47. The number of hydrogen-bond acceptors (Lipinski definition) is 4. The third kappa shape index (κ3) is 2.98. The summed E-state index contributed by atoms with van der Waals surface area (Å²) in [7, 11) is 0. The molecule has 23 heavy (non-hydrogen) atoms. The number of nitrogens with zero attached hydrogens (tertiary/aromatic N) is 1. The van der Waals surface area contributed by atoms with Crippen LogP contribution in [-0.4, -0.2) is 16.7 Å². The number of rotatable bonds is 3. The average molecular weight is 328 g/mol. The van der Waals surface area contributed by atoms with Crippen LogP contribution in [0.25, 0.3) is 10.2 Å². The molecule has 0 radical (unpaired) electrons. The summed E-state index contributed by atoms with van der Waals surface area (Å²) in [6.07, 6.45) is 1.51. The number of hydrogen-bond donors (Lipinski definition) is 1. The van der Waals surface area contributed by atoms with Crippen LogP contribution in [0, 0.1) is 12.7 Å². The van der Waals surface area contributed by atoms with Gasteiger partial charge < -0.3 is 5.32 Å². The Kier molecular flexibility index (Phi) is 3.92. The van der Waals surface area contributed by atoms with Crippen molar-refractivity contribution >= 4 is 38.9 Å². The van der Waals surface area contributed by atoms with E-state index in [-0.39, 0.29) is 11.7 Å². The zero-order valence-electron chi connectivity index (χ0n) is 12.5. The van der Waals surface area contributed by atoms with Gasteiger partial charge in [-0.1, -0.05) is 6.07 Å². The van der Waals surface area contributed by atoms with Gasteiger partial charge in [0, 0.05) is 22.8 Å². The number of benzene rings is 1. The van der Waals surface area contributed by atoms with Gasteiger partial charge in [-0.2, -0.15) is 0 Å². The van der Waals surface area contributed by atoms with E-state index >= 15 is 0 Å². The molecule has 0 unspecified atom stereocenters. The monoisotopic (exact) mass is 328 g/mol. The Morgan fingerprint density at radius 1 is 1.26 bits per heavy atom. The molecule has 0 bridgehead atoms. The molecule has 2 aromatic heterocycles. The van der Waals surface area contributed by atoms with Gasteiger partial charge in [-0.05, 0) is 43.7 Å². The van der Waals surface area contributed by atoms with E-state index in [4.69, 9.17) is 0 Å². The number of aryl methyl sites for hydroxylation is 1. The van der Waals surface area contributed by atoms with Crippen LogP contribution < -0.4 is 5.32 Å². The highest BCUT2D eigenvalue weighted by Gasteiger charge is 2.17. The van der Waals surface area contributed by atoms with Gasteiger partial charge in [0.1, 0.15) is 10.6 Å². The third-order valence-corrected chi connectivity index (χ3v) is 4.70. The fourth-order valence-corrected chi connectivity index (χ4v) is 3.29. The lowest BCUT2D eigenvalue weighted by Gasteiger charge is -2.04. The van der Waals surface area contributed by atoms with E-state index < -0.39 is 5.82 Å². The van der Waals surface area contributed by atoms with Crippen LogP contribution in [0.3, 0.4) is 0 Å². The number of pyridine rings is 1. The molecule has 0 spiro atoms. The van der Waals surface area contributed by atoms with Gasteiger partial charge in [0.25, 0.3) is 5.91 Å². The number of carbonyl (C=O) groups is 2. The fraction of sp³-hybridized carbons (Fsp3) is 0.118. The van der Waals surface area contributed by atoms with E-state index in [1.807, 2.05) is 6.92 Å². The number of thiophene rings is 1. The summed E-state index contributed by atoms with van der Waals surface area (Å²) >= 11 is 1.25. The number of ketones is 1. The second kappa shape index (κ2) is 5.89. The molecule has 0 fully saturated rings. The van der Waals surface area contributed by atoms with Gasteiger partial charge >= 0.3 is 0 Å². The Bertz CT molecular complexity index is 933. The number of amides is 1. The Balaban J connectivity index is 1.97. The molecule has 4 nitrogen and oxygen atoms in total. The molecule has 0 saturated heterocycles. The van der Waals surface area contributed by atoms with Gasteiger partial charge in [0.2, 0.25) is 0 Å². The van der Waals surface area contributed by atoms with Crippen molar-refractivity contribution in [3.8, 4) is 0 Å². The predicted molar refractivity (Wildman–Crippen MR) is 88.7 cm³/mol. The smallest absolute Gasteiger partial charge is 0.266 e. The lowest BCUT2D eigenvalue weighted by molar-refractivity contribution is 0.101. The molecule has 0 aliphatic heterocycles. The minimum absolute atomic E-state index is 0.0734. The van der Waals surface area contributed by atoms with Gasteiger partial charge in [-0.25, -0.2) is 9.37 Å². The fourth-order valence-electron chi connectivity index (χ4n) is 2.26. The first kappa shape index (κ1) is 15.3. The molecule has 3 aromatic rings. The maximum absolute atomic E-state index is 13.2. The Morgan fingerprint density at radius 3 is 2.74 bits per heavy atom. The van der Waals surface area contributed by atoms with Crippen LogP contribution in [0.15, 0.2) is 36.5 Å². The first-order valence-corrected chi connectivity index (χ1v) is 7.74. The topological polar surface area (TPSA) is 59.1 Å². The summed E-state index contributed by atoms with van der Waals surface area (Å²) in [5, 5.41) is 3.46. The van der Waals surface area contributed by atoms with Crippen LogP contribution in [0.4, 0.5) is 10.1 Å². The summed E-state index contributed by atoms with van der Waals surface area (Å²) < 4.78 is 13.2. The maximum atomic E-state index is 13.2. The minimum atomic E-state index is -0.413. The van der Waals surface area contributed by atoms with Crippen LogP contribution in [0.2, 0.25) is 0 Å². The quantitative estimate of drug-likeness (QED) is 0.733. The third-order valence-electron chi connectivity index (χ3n) is 3.49. The zero-order chi connectivity index (χ0) is 16.6. The van der Waals surface area contributed by atoms with E-state index in [1.165, 1.54) is 42.7 Å². The van der Waals surface area contributed by atoms with Crippen molar-refractivity contribution in [3.63, 3.8) is 0 Å². The van der Waals surface area contributed by atoms with Gasteiger partial charge in [-0.15, -0.1) is 11.3 Å². The van der Waals surface area contributed by atoms with Crippen molar-refractivity contribution in [2.45, 2.75) is 13.8 Å². The normalized spacial score (nSPS) is 10.7. The molecular formula is C17H13FN2O2S. The van der Waals surface area contributed by atoms with Gasteiger partial charge in [-0.3, -0.25) is 9.59 Å². The molecule has 1 aromatic carbocycles. The largest absolute Gasteiger partial charge is 0.321 e. The Hall–Kier alpha value is -2.60. The van der Waals surface area contributed by atoms with Crippen LogP contribution >= 0.6 is 11.3 Å². The Morgan fingerprint density at radius 2 is 2.04 bits per heavy atom. The first-order valence-electron chi connectivity index (χ1n) is 6.92. The molecule has 116 valence electrons. The standard InChI is InChI=1S/C17H13FN2O2S/c1-9-14-6-11(10(2)21)8-19-17(14)23-15(9)16(22)20-13-5-3-4-12(18)7-13/h3-8H,1-2H3,(H,20,22). The summed E-state index contributed by atoms with van der Waals surface area (Å²) in [5.74, 6) is -0.806. The van der Waals surface area contributed by atoms with Gasteiger partial charge in [0.15, 0.2) is 5.78 Å². The number of nitrogens with one attached hydrogen (secondary N) is 1. The van der Waals surface area contributed by atoms with E-state index in [2.05, 4.69) is 10.3 Å². The number of carbonyl (C=O) groups excluding carboxylic acids is 2. The molecule has 1 N–H and O–H groups in total. The number of Topliss-reactive ketones (excluding diaryl/α,β-unsaturated/α-hetero) is 1. The summed E-state index contributed by atoms with van der Waals surface area (Å²) in [6.45, 7) is 3.28. The van der Waals surface area contributed by atoms with Crippen molar-refractivity contribution in [2.75, 3.05) is 5.32 Å². The molecule has 1 amide bonds. The number of anilines is 1. The van der Waals surface area contributed by atoms with Crippen LogP contribution in [-0.2, 0) is 0 Å². The van der Waals surface area contributed by atoms with E-state index in [9.17, 15) is 14.0 Å². The van der Waals surface area contributed by atoms with Crippen LogP contribution in [0.1, 0.15) is 32.5 Å². The highest BCUT2D eigenvalue weighted by atomic mass is 32.1. The lowest BCUT2D eigenvalue weighted by atomic mass is 10.1. The maximum Gasteiger partial charge on any atom is 0.266 e. The highest BCUT2D eigenvalue weighted by Crippen LogP contribution is 2.30. The molecule has 0 aliphatic rings. The zero-order valence-corrected chi connectivity index (χ0v) is 13.3. The number of fused-ring (bicyclic) bond motifs is 1. The molecule has 3 rings (SSSR count). The SMILES string of the molecule is CC(=O)c1cnc2sc(C(=O)Nc3cccc(F)c3)c(C)c2c1. The number of halogens is 1. The average Bonchev–Trinajstić information content (AvgIpc) is 2.84. The van der Waals surface area contributed by atoms with Crippen molar-refractivity contribution in [1.82, 2.24) is 4.98 Å². The Labute approximate surface area is 136 Å². The molecule has 6 heteroatoms.